The summed E-state index contributed by atoms with van der Waals surface area (Å²) in [6.45, 7) is 1.71. The molecule has 0 aliphatic rings. The molecule has 10 heavy (non-hydrogen) atoms. The van der Waals surface area contributed by atoms with Crippen LogP contribution in [0.5, 0.6) is 0 Å². The molecule has 0 aliphatic heterocycles. The normalized spacial score (nSPS) is 11.3. The minimum Gasteiger partial charge on any atom is -0.276 e. The van der Waals surface area contributed by atoms with Crippen LogP contribution in [0.3, 0.4) is 0 Å². The van der Waals surface area contributed by atoms with Crippen molar-refractivity contribution in [1.29, 1.82) is 0 Å². The number of rotatable bonds is 3. The minimum absolute atomic E-state index is 0.238. The largest absolute Gasteiger partial charge is 0.276 e. The van der Waals surface area contributed by atoms with E-state index in [-0.39, 0.29) is 5.57 Å². The Bertz CT molecular complexity index is 184. The SMILES string of the molecule is CC/C(=C\C(=O)Cl)C(=O)Cl. The standard InChI is InChI=1S/C6H6Cl2O2/c1-2-4(6(8)10)3-5(7)9/h3H,2H2,1H3/b4-3+. The summed E-state index contributed by atoms with van der Waals surface area (Å²) in [5, 5.41) is -1.30. The third-order valence-corrected chi connectivity index (χ3v) is 1.27. The molecule has 0 saturated heterocycles. The zero-order valence-corrected chi connectivity index (χ0v) is 6.87. The zero-order valence-electron chi connectivity index (χ0n) is 5.36. The second-order valence-corrected chi connectivity index (χ2v) is 2.32. The average molecular weight is 181 g/mol. The van der Waals surface area contributed by atoms with E-state index in [0.717, 1.165) is 6.08 Å². The van der Waals surface area contributed by atoms with Crippen LogP contribution in [-0.4, -0.2) is 10.5 Å². The van der Waals surface area contributed by atoms with E-state index in [1.165, 1.54) is 0 Å². The maximum Gasteiger partial charge on any atom is 0.248 e. The molecule has 0 saturated carbocycles. The highest BCUT2D eigenvalue weighted by molar-refractivity contribution is 6.70. The number of allylic oxidation sites excluding steroid dienone is 2. The monoisotopic (exact) mass is 180 g/mol. The number of carbonyl (C=O) groups excluding carboxylic acids is 2. The number of hydrogen-bond acceptors (Lipinski definition) is 2. The maximum atomic E-state index is 10.4. The van der Waals surface area contributed by atoms with E-state index in [0.29, 0.717) is 6.42 Å². The van der Waals surface area contributed by atoms with Crippen molar-refractivity contribution in [3.63, 3.8) is 0 Å². The van der Waals surface area contributed by atoms with Gasteiger partial charge in [0.2, 0.25) is 10.5 Å². The molecule has 2 nitrogen and oxygen atoms in total. The minimum atomic E-state index is -0.675. The van der Waals surface area contributed by atoms with Crippen LogP contribution in [0.1, 0.15) is 13.3 Å². The molecule has 4 heteroatoms. The van der Waals surface area contributed by atoms with E-state index in [1.54, 1.807) is 6.92 Å². The summed E-state index contributed by atoms with van der Waals surface area (Å²) in [7, 11) is 0. The molecule has 0 radical (unpaired) electrons. The molecule has 56 valence electrons. The molecule has 0 spiro atoms. The van der Waals surface area contributed by atoms with Gasteiger partial charge in [0, 0.05) is 11.6 Å². The first-order chi connectivity index (χ1) is 4.57. The molecule has 0 aromatic rings. The molecule has 0 N–H and O–H groups in total. The molecule has 0 aliphatic carbocycles. The number of halogens is 2. The van der Waals surface area contributed by atoms with Crippen LogP contribution in [0.2, 0.25) is 0 Å². The number of carbonyl (C=O) groups is 2. The van der Waals surface area contributed by atoms with Gasteiger partial charge in [-0.2, -0.15) is 0 Å². The van der Waals surface area contributed by atoms with Gasteiger partial charge in [0.25, 0.3) is 0 Å². The summed E-state index contributed by atoms with van der Waals surface area (Å²) >= 11 is 10.0. The van der Waals surface area contributed by atoms with Gasteiger partial charge in [0.1, 0.15) is 0 Å². The predicted octanol–water partition coefficient (Wildman–Crippen LogP) is 1.85. The lowest BCUT2D eigenvalue weighted by Gasteiger charge is -1.91. The lowest BCUT2D eigenvalue weighted by Crippen LogP contribution is -1.93. The molecular formula is C6H6Cl2O2. The third kappa shape index (κ3) is 3.64. The van der Waals surface area contributed by atoms with Crippen LogP contribution < -0.4 is 0 Å². The fourth-order valence-electron chi connectivity index (χ4n) is 0.435. The first-order valence-corrected chi connectivity index (χ1v) is 3.43. The van der Waals surface area contributed by atoms with Gasteiger partial charge in [-0.1, -0.05) is 6.92 Å². The number of hydrogen-bond donors (Lipinski definition) is 0. The van der Waals surface area contributed by atoms with Crippen LogP contribution in [0.4, 0.5) is 0 Å². The lowest BCUT2D eigenvalue weighted by atomic mass is 10.2. The van der Waals surface area contributed by atoms with Crippen molar-refractivity contribution >= 4 is 33.7 Å². The summed E-state index contributed by atoms with van der Waals surface area (Å²) in [5.74, 6) is 0. The molecule has 0 aromatic carbocycles. The van der Waals surface area contributed by atoms with Crippen molar-refractivity contribution < 1.29 is 9.59 Å². The molecule has 0 bridgehead atoms. The van der Waals surface area contributed by atoms with Crippen LogP contribution in [0.25, 0.3) is 0 Å². The highest BCUT2D eigenvalue weighted by Crippen LogP contribution is 2.05. The van der Waals surface area contributed by atoms with E-state index < -0.39 is 10.5 Å². The predicted molar refractivity (Wildman–Crippen MR) is 40.1 cm³/mol. The van der Waals surface area contributed by atoms with Crippen molar-refractivity contribution in [1.82, 2.24) is 0 Å². The molecule has 0 aromatic heterocycles. The highest BCUT2D eigenvalue weighted by Gasteiger charge is 2.03. The summed E-state index contributed by atoms with van der Waals surface area (Å²) in [5.41, 5.74) is 0.238. The summed E-state index contributed by atoms with van der Waals surface area (Å²) in [6.07, 6.45) is 1.44. The van der Waals surface area contributed by atoms with Crippen LogP contribution in [0, 0.1) is 0 Å². The fourth-order valence-corrected chi connectivity index (χ4v) is 0.755. The van der Waals surface area contributed by atoms with Gasteiger partial charge in [-0.05, 0) is 29.6 Å². The quantitative estimate of drug-likeness (QED) is 0.491. The van der Waals surface area contributed by atoms with E-state index in [1.807, 2.05) is 0 Å². The van der Waals surface area contributed by atoms with E-state index in [2.05, 4.69) is 0 Å². The van der Waals surface area contributed by atoms with Crippen LogP contribution >= 0.6 is 23.2 Å². The van der Waals surface area contributed by atoms with Gasteiger partial charge in [-0.25, -0.2) is 0 Å². The van der Waals surface area contributed by atoms with Gasteiger partial charge in [0.15, 0.2) is 0 Å². The van der Waals surface area contributed by atoms with Gasteiger partial charge in [-0.3, -0.25) is 9.59 Å². The Kier molecular flexibility index (Phi) is 4.32. The average Bonchev–Trinajstić information content (AvgIpc) is 1.81. The fraction of sp³-hybridized carbons (Fsp3) is 0.333. The molecule has 0 heterocycles. The van der Waals surface area contributed by atoms with Crippen LogP contribution in [-0.2, 0) is 9.59 Å². The third-order valence-electron chi connectivity index (χ3n) is 0.921. The van der Waals surface area contributed by atoms with Crippen molar-refractivity contribution in [2.45, 2.75) is 13.3 Å². The van der Waals surface area contributed by atoms with Crippen molar-refractivity contribution in [2.24, 2.45) is 0 Å². The van der Waals surface area contributed by atoms with Gasteiger partial charge < -0.3 is 0 Å². The van der Waals surface area contributed by atoms with E-state index in [4.69, 9.17) is 23.2 Å². The Balaban J connectivity index is 4.34. The smallest absolute Gasteiger partial charge is 0.248 e. The van der Waals surface area contributed by atoms with Crippen molar-refractivity contribution in [3.8, 4) is 0 Å². The maximum absolute atomic E-state index is 10.4. The molecule has 0 atom stereocenters. The molecular weight excluding hydrogens is 175 g/mol. The zero-order chi connectivity index (χ0) is 8.15. The summed E-state index contributed by atoms with van der Waals surface area (Å²) < 4.78 is 0. The Morgan fingerprint density at radius 2 is 1.90 bits per heavy atom. The van der Waals surface area contributed by atoms with Crippen LogP contribution in [0.15, 0.2) is 11.6 Å². The highest BCUT2D eigenvalue weighted by atomic mass is 35.5. The van der Waals surface area contributed by atoms with Crippen molar-refractivity contribution in [3.05, 3.63) is 11.6 Å². The Labute approximate surface area is 68.8 Å². The Morgan fingerprint density at radius 3 is 2.00 bits per heavy atom. The molecule has 0 unspecified atom stereocenters. The van der Waals surface area contributed by atoms with Gasteiger partial charge in [-0.15, -0.1) is 0 Å². The molecule has 0 fully saturated rings. The first kappa shape index (κ1) is 9.66. The second kappa shape index (κ2) is 4.47. The Hall–Kier alpha value is -0.340. The van der Waals surface area contributed by atoms with Gasteiger partial charge >= 0.3 is 0 Å². The molecule has 0 rings (SSSR count). The summed E-state index contributed by atoms with van der Waals surface area (Å²) in [6, 6.07) is 0. The topological polar surface area (TPSA) is 34.1 Å². The van der Waals surface area contributed by atoms with E-state index >= 15 is 0 Å². The van der Waals surface area contributed by atoms with E-state index in [9.17, 15) is 9.59 Å². The first-order valence-electron chi connectivity index (χ1n) is 2.67. The van der Waals surface area contributed by atoms with Crippen molar-refractivity contribution in [2.75, 3.05) is 0 Å². The second-order valence-electron chi connectivity index (χ2n) is 1.60. The van der Waals surface area contributed by atoms with Gasteiger partial charge in [0.05, 0.1) is 0 Å². The Morgan fingerprint density at radius 1 is 1.40 bits per heavy atom. The lowest BCUT2D eigenvalue weighted by molar-refractivity contribution is -0.110. The molecule has 0 amide bonds. The summed E-state index contributed by atoms with van der Waals surface area (Å²) in [4.78, 5) is 20.6.